The average Bonchev–Trinajstić information content (AvgIpc) is 2.48. The quantitative estimate of drug-likeness (QED) is 0.656. The summed E-state index contributed by atoms with van der Waals surface area (Å²) in [7, 11) is 0. The van der Waals surface area contributed by atoms with E-state index in [0.29, 0.717) is 6.61 Å². The van der Waals surface area contributed by atoms with Crippen molar-refractivity contribution in [1.82, 2.24) is 0 Å². The van der Waals surface area contributed by atoms with Gasteiger partial charge in [-0.1, -0.05) is 45.8 Å². The van der Waals surface area contributed by atoms with Gasteiger partial charge in [-0.05, 0) is 31.7 Å². The third-order valence-corrected chi connectivity index (χ3v) is 4.74. The van der Waals surface area contributed by atoms with E-state index >= 15 is 0 Å². The highest BCUT2D eigenvalue weighted by Crippen LogP contribution is 2.24. The van der Waals surface area contributed by atoms with Gasteiger partial charge in [0.25, 0.3) is 0 Å². The lowest BCUT2D eigenvalue weighted by molar-refractivity contribution is -0.905. The molecule has 0 aliphatic carbocycles. The molecule has 1 aliphatic rings. The molecule has 0 saturated carbocycles. The van der Waals surface area contributed by atoms with Gasteiger partial charge in [0.15, 0.2) is 0 Å². The number of alkyl halides is 1. The Morgan fingerprint density at radius 1 is 1.25 bits per heavy atom. The van der Waals surface area contributed by atoms with Crippen LogP contribution in [0.3, 0.4) is 0 Å². The maximum Gasteiger partial charge on any atom is 0.324 e. The molecule has 0 amide bonds. The zero-order valence-electron chi connectivity index (χ0n) is 12.0. The standard InChI is InChI=1S/C16H22BrNO2/c1-13-5-7-14(8-6-13)15(17)16(19)20-12-11-18-9-3-2-4-10-18/h5-8,15H,2-4,9-12H2,1H3/p+1. The summed E-state index contributed by atoms with van der Waals surface area (Å²) >= 11 is 3.42. The van der Waals surface area contributed by atoms with Crippen molar-refractivity contribution in [2.75, 3.05) is 26.2 Å². The molecule has 4 heteroatoms. The molecule has 0 bridgehead atoms. The van der Waals surface area contributed by atoms with Gasteiger partial charge in [0, 0.05) is 0 Å². The first-order valence-corrected chi connectivity index (χ1v) is 8.29. The molecule has 1 aromatic carbocycles. The lowest BCUT2D eigenvalue weighted by Crippen LogP contribution is -3.13. The van der Waals surface area contributed by atoms with E-state index < -0.39 is 0 Å². The molecule has 3 nitrogen and oxygen atoms in total. The summed E-state index contributed by atoms with van der Waals surface area (Å²) in [4.78, 5) is 13.2. The third-order valence-electron chi connectivity index (χ3n) is 3.84. The van der Waals surface area contributed by atoms with Crippen molar-refractivity contribution < 1.29 is 14.4 Å². The highest BCUT2D eigenvalue weighted by Gasteiger charge is 2.20. The maximum atomic E-state index is 12.0. The number of likely N-dealkylation sites (tertiary alicyclic amines) is 1. The van der Waals surface area contributed by atoms with Crippen LogP contribution in [0.2, 0.25) is 0 Å². The largest absolute Gasteiger partial charge is 0.459 e. The van der Waals surface area contributed by atoms with Crippen LogP contribution in [0.5, 0.6) is 0 Å². The number of piperidine rings is 1. The summed E-state index contributed by atoms with van der Waals surface area (Å²) in [6.07, 6.45) is 3.95. The molecule has 1 N–H and O–H groups in total. The molecule has 110 valence electrons. The summed E-state index contributed by atoms with van der Waals surface area (Å²) in [5.74, 6) is -0.190. The number of ether oxygens (including phenoxy) is 1. The number of carbonyl (C=O) groups is 1. The van der Waals surface area contributed by atoms with Crippen LogP contribution in [0.15, 0.2) is 24.3 Å². The molecular formula is C16H23BrNO2+. The van der Waals surface area contributed by atoms with Gasteiger partial charge < -0.3 is 9.64 Å². The third kappa shape index (κ3) is 4.60. The molecule has 1 aromatic rings. The Hall–Kier alpha value is -0.870. The predicted octanol–water partition coefficient (Wildman–Crippen LogP) is 2.04. The van der Waals surface area contributed by atoms with E-state index in [1.165, 1.54) is 37.9 Å². The van der Waals surface area contributed by atoms with Crippen molar-refractivity contribution in [2.45, 2.75) is 31.0 Å². The molecule has 1 aliphatic heterocycles. The van der Waals surface area contributed by atoms with Crippen molar-refractivity contribution in [1.29, 1.82) is 0 Å². The van der Waals surface area contributed by atoms with Gasteiger partial charge in [-0.3, -0.25) is 4.79 Å². The fraction of sp³-hybridized carbons (Fsp3) is 0.562. The van der Waals surface area contributed by atoms with E-state index in [2.05, 4.69) is 15.9 Å². The second-order valence-electron chi connectivity index (χ2n) is 5.50. The molecule has 0 spiro atoms. The number of hydrogen-bond acceptors (Lipinski definition) is 2. The first-order chi connectivity index (χ1) is 9.66. The number of esters is 1. The molecule has 2 rings (SSSR count). The first-order valence-electron chi connectivity index (χ1n) is 7.37. The summed E-state index contributed by atoms with van der Waals surface area (Å²) in [6.45, 7) is 5.91. The Morgan fingerprint density at radius 3 is 2.55 bits per heavy atom. The number of halogens is 1. The lowest BCUT2D eigenvalue weighted by atomic mass is 10.1. The number of quaternary nitrogens is 1. The Kier molecular flexibility index (Phi) is 6.05. The van der Waals surface area contributed by atoms with Crippen LogP contribution in [-0.4, -0.2) is 32.2 Å². The smallest absolute Gasteiger partial charge is 0.324 e. The second kappa shape index (κ2) is 7.79. The van der Waals surface area contributed by atoms with Gasteiger partial charge in [-0.25, -0.2) is 0 Å². The number of rotatable bonds is 5. The molecule has 1 heterocycles. The van der Waals surface area contributed by atoms with Crippen molar-refractivity contribution in [3.8, 4) is 0 Å². The Bertz CT molecular complexity index is 427. The molecule has 0 aromatic heterocycles. The zero-order chi connectivity index (χ0) is 14.4. The lowest BCUT2D eigenvalue weighted by Gasteiger charge is -2.23. The van der Waals surface area contributed by atoms with Gasteiger partial charge in [-0.2, -0.15) is 0 Å². The van der Waals surface area contributed by atoms with Crippen molar-refractivity contribution >= 4 is 21.9 Å². The van der Waals surface area contributed by atoms with E-state index in [9.17, 15) is 4.79 Å². The van der Waals surface area contributed by atoms with Crippen LogP contribution in [-0.2, 0) is 9.53 Å². The fourth-order valence-corrected chi connectivity index (χ4v) is 2.98. The summed E-state index contributed by atoms with van der Waals surface area (Å²) in [6, 6.07) is 7.95. The highest BCUT2D eigenvalue weighted by atomic mass is 79.9. The van der Waals surface area contributed by atoms with Gasteiger partial charge >= 0.3 is 5.97 Å². The van der Waals surface area contributed by atoms with Gasteiger partial charge in [0.1, 0.15) is 18.0 Å². The SMILES string of the molecule is Cc1ccc(C(Br)C(=O)OCC[NH+]2CCCCC2)cc1. The topological polar surface area (TPSA) is 30.7 Å². The van der Waals surface area contributed by atoms with Crippen molar-refractivity contribution in [2.24, 2.45) is 0 Å². The number of carbonyl (C=O) groups excluding carboxylic acids is 1. The minimum atomic E-state index is -0.362. The van der Waals surface area contributed by atoms with E-state index in [1.807, 2.05) is 31.2 Å². The zero-order valence-corrected chi connectivity index (χ0v) is 13.6. The van der Waals surface area contributed by atoms with Crippen LogP contribution in [0.4, 0.5) is 0 Å². The molecule has 0 radical (unpaired) electrons. The van der Waals surface area contributed by atoms with Crippen LogP contribution >= 0.6 is 15.9 Å². The Labute approximate surface area is 129 Å². The molecule has 1 atom stereocenters. The summed E-state index contributed by atoms with van der Waals surface area (Å²) in [5.41, 5.74) is 2.14. The molecule has 1 fully saturated rings. The Morgan fingerprint density at radius 2 is 1.90 bits per heavy atom. The van der Waals surface area contributed by atoms with Crippen LogP contribution < -0.4 is 4.90 Å². The van der Waals surface area contributed by atoms with E-state index in [-0.39, 0.29) is 10.8 Å². The van der Waals surface area contributed by atoms with Gasteiger partial charge in [0.2, 0.25) is 0 Å². The van der Waals surface area contributed by atoms with E-state index in [0.717, 1.165) is 12.1 Å². The minimum absolute atomic E-state index is 0.190. The first kappa shape index (κ1) is 15.5. The monoisotopic (exact) mass is 340 g/mol. The average molecular weight is 341 g/mol. The normalized spacial score (nSPS) is 17.7. The van der Waals surface area contributed by atoms with E-state index in [1.54, 1.807) is 4.90 Å². The van der Waals surface area contributed by atoms with Crippen molar-refractivity contribution in [3.05, 3.63) is 35.4 Å². The number of benzene rings is 1. The molecule has 1 unspecified atom stereocenters. The van der Waals surface area contributed by atoms with Crippen LogP contribution in [0.25, 0.3) is 0 Å². The van der Waals surface area contributed by atoms with Crippen LogP contribution in [0.1, 0.15) is 35.2 Å². The number of hydrogen-bond donors (Lipinski definition) is 1. The molecule has 20 heavy (non-hydrogen) atoms. The highest BCUT2D eigenvalue weighted by molar-refractivity contribution is 9.09. The fourth-order valence-electron chi connectivity index (χ4n) is 2.54. The summed E-state index contributed by atoms with van der Waals surface area (Å²) in [5, 5.41) is 0. The maximum absolute atomic E-state index is 12.0. The van der Waals surface area contributed by atoms with Gasteiger partial charge in [-0.15, -0.1) is 0 Å². The number of aryl methyl sites for hydroxylation is 1. The molecule has 1 saturated heterocycles. The Balaban J connectivity index is 1.74. The van der Waals surface area contributed by atoms with Crippen molar-refractivity contribution in [3.63, 3.8) is 0 Å². The second-order valence-corrected chi connectivity index (χ2v) is 6.42. The number of nitrogens with one attached hydrogen (secondary N) is 1. The van der Waals surface area contributed by atoms with Gasteiger partial charge in [0.05, 0.1) is 13.1 Å². The van der Waals surface area contributed by atoms with E-state index in [4.69, 9.17) is 4.74 Å². The van der Waals surface area contributed by atoms with Crippen LogP contribution in [0, 0.1) is 6.92 Å². The minimum Gasteiger partial charge on any atom is -0.459 e. The predicted molar refractivity (Wildman–Crippen MR) is 83.2 cm³/mol. The summed E-state index contributed by atoms with van der Waals surface area (Å²) < 4.78 is 5.38. The molecular weight excluding hydrogens is 318 g/mol.